The maximum Gasteiger partial charge on any atom is 0.0411 e. The predicted molar refractivity (Wildman–Crippen MR) is 54.9 cm³/mol. The molecule has 0 bridgehead atoms. The van der Waals surface area contributed by atoms with Crippen LogP contribution in [-0.2, 0) is 5.41 Å². The molecule has 0 aromatic heterocycles. The molecular formula is C11H15Cl. The van der Waals surface area contributed by atoms with Crippen molar-refractivity contribution >= 4 is 11.6 Å². The minimum atomic E-state index is 0.190. The predicted octanol–water partition coefficient (Wildman–Crippen LogP) is 3.95. The summed E-state index contributed by atoms with van der Waals surface area (Å²) in [5.41, 5.74) is 2.72. The zero-order chi connectivity index (χ0) is 9.35. The van der Waals surface area contributed by atoms with Gasteiger partial charge in [-0.1, -0.05) is 38.4 Å². The van der Waals surface area contributed by atoms with E-state index in [0.717, 1.165) is 5.02 Å². The first kappa shape index (κ1) is 9.60. The van der Waals surface area contributed by atoms with Gasteiger partial charge < -0.3 is 0 Å². The first-order valence-corrected chi connectivity index (χ1v) is 4.55. The Morgan fingerprint density at radius 2 is 1.67 bits per heavy atom. The van der Waals surface area contributed by atoms with E-state index in [0.29, 0.717) is 0 Å². The van der Waals surface area contributed by atoms with E-state index in [1.165, 1.54) is 11.1 Å². The molecule has 66 valence electrons. The SMILES string of the molecule is Cc1cc(Cl)cc(C(C)(C)C)c1. The van der Waals surface area contributed by atoms with Crippen molar-refractivity contribution < 1.29 is 0 Å². The molecule has 0 aliphatic heterocycles. The molecule has 0 spiro atoms. The number of hydrogen-bond donors (Lipinski definition) is 0. The number of aryl methyl sites for hydroxylation is 1. The van der Waals surface area contributed by atoms with E-state index >= 15 is 0 Å². The Morgan fingerprint density at radius 3 is 2.08 bits per heavy atom. The van der Waals surface area contributed by atoms with E-state index in [1.807, 2.05) is 12.1 Å². The Hall–Kier alpha value is -0.490. The average molecular weight is 183 g/mol. The molecule has 0 saturated heterocycles. The molecular weight excluding hydrogens is 168 g/mol. The lowest BCUT2D eigenvalue weighted by molar-refractivity contribution is 0.590. The Morgan fingerprint density at radius 1 is 1.08 bits per heavy atom. The van der Waals surface area contributed by atoms with Gasteiger partial charge in [0, 0.05) is 5.02 Å². The molecule has 0 saturated carbocycles. The first-order valence-electron chi connectivity index (χ1n) is 4.17. The maximum absolute atomic E-state index is 5.96. The standard InChI is InChI=1S/C11H15Cl/c1-8-5-9(11(2,3)4)7-10(12)6-8/h5-7H,1-4H3. The second kappa shape index (κ2) is 3.10. The molecule has 0 N–H and O–H groups in total. The average Bonchev–Trinajstić information content (AvgIpc) is 1.82. The molecule has 0 aliphatic rings. The van der Waals surface area contributed by atoms with Crippen LogP contribution in [0.1, 0.15) is 31.9 Å². The number of rotatable bonds is 0. The molecule has 1 aromatic carbocycles. The Bertz CT molecular complexity index is 261. The summed E-state index contributed by atoms with van der Waals surface area (Å²) in [4.78, 5) is 0. The molecule has 1 heteroatoms. The van der Waals surface area contributed by atoms with Crippen molar-refractivity contribution in [2.24, 2.45) is 0 Å². The van der Waals surface area contributed by atoms with Gasteiger partial charge in [-0.3, -0.25) is 0 Å². The fraction of sp³-hybridized carbons (Fsp3) is 0.455. The van der Waals surface area contributed by atoms with Crippen molar-refractivity contribution in [1.82, 2.24) is 0 Å². The van der Waals surface area contributed by atoms with Gasteiger partial charge in [-0.05, 0) is 35.6 Å². The number of halogens is 1. The normalized spacial score (nSPS) is 11.8. The molecule has 0 unspecified atom stereocenters. The van der Waals surface area contributed by atoms with Gasteiger partial charge >= 0.3 is 0 Å². The third kappa shape index (κ3) is 2.25. The largest absolute Gasteiger partial charge is 0.0843 e. The summed E-state index contributed by atoms with van der Waals surface area (Å²) in [6.07, 6.45) is 0. The fourth-order valence-electron chi connectivity index (χ4n) is 1.17. The zero-order valence-electron chi connectivity index (χ0n) is 8.11. The van der Waals surface area contributed by atoms with Crippen LogP contribution in [0.2, 0.25) is 5.02 Å². The molecule has 0 nitrogen and oxygen atoms in total. The van der Waals surface area contributed by atoms with Gasteiger partial charge in [0.2, 0.25) is 0 Å². The fourth-order valence-corrected chi connectivity index (χ4v) is 1.46. The quantitative estimate of drug-likeness (QED) is 0.570. The lowest BCUT2D eigenvalue weighted by atomic mass is 9.86. The summed E-state index contributed by atoms with van der Waals surface area (Å²) in [6.45, 7) is 8.65. The van der Waals surface area contributed by atoms with E-state index in [4.69, 9.17) is 11.6 Å². The van der Waals surface area contributed by atoms with Crippen molar-refractivity contribution in [3.05, 3.63) is 34.3 Å². The third-order valence-electron chi connectivity index (χ3n) is 1.91. The van der Waals surface area contributed by atoms with Gasteiger partial charge in [0.1, 0.15) is 0 Å². The topological polar surface area (TPSA) is 0 Å². The maximum atomic E-state index is 5.96. The highest BCUT2D eigenvalue weighted by Gasteiger charge is 2.13. The molecule has 0 heterocycles. The van der Waals surface area contributed by atoms with Crippen LogP contribution < -0.4 is 0 Å². The summed E-state index contributed by atoms with van der Waals surface area (Å²) in [6, 6.07) is 6.21. The van der Waals surface area contributed by atoms with Gasteiger partial charge in [-0.25, -0.2) is 0 Å². The van der Waals surface area contributed by atoms with Crippen LogP contribution >= 0.6 is 11.6 Å². The summed E-state index contributed by atoms with van der Waals surface area (Å²) in [5.74, 6) is 0. The zero-order valence-corrected chi connectivity index (χ0v) is 8.87. The third-order valence-corrected chi connectivity index (χ3v) is 2.13. The Labute approximate surface area is 79.6 Å². The molecule has 0 aliphatic carbocycles. The summed E-state index contributed by atoms with van der Waals surface area (Å²) >= 11 is 5.96. The van der Waals surface area contributed by atoms with Gasteiger partial charge in [0.15, 0.2) is 0 Å². The molecule has 0 fully saturated rings. The molecule has 0 amide bonds. The second-order valence-corrected chi connectivity index (χ2v) is 4.70. The highest BCUT2D eigenvalue weighted by Crippen LogP contribution is 2.25. The number of hydrogen-bond acceptors (Lipinski definition) is 0. The van der Waals surface area contributed by atoms with Crippen LogP contribution in [0.25, 0.3) is 0 Å². The lowest BCUT2D eigenvalue weighted by Crippen LogP contribution is -2.10. The Balaban J connectivity index is 3.18. The van der Waals surface area contributed by atoms with Crippen LogP contribution in [0.3, 0.4) is 0 Å². The van der Waals surface area contributed by atoms with Crippen molar-refractivity contribution in [1.29, 1.82) is 0 Å². The first-order chi connectivity index (χ1) is 5.39. The van der Waals surface area contributed by atoms with Crippen molar-refractivity contribution in [3.8, 4) is 0 Å². The monoisotopic (exact) mass is 182 g/mol. The number of benzene rings is 1. The molecule has 0 radical (unpaired) electrons. The lowest BCUT2D eigenvalue weighted by Gasteiger charge is -2.19. The van der Waals surface area contributed by atoms with E-state index < -0.39 is 0 Å². The van der Waals surface area contributed by atoms with Gasteiger partial charge in [0.25, 0.3) is 0 Å². The minimum Gasteiger partial charge on any atom is -0.0843 e. The Kier molecular flexibility index (Phi) is 2.48. The van der Waals surface area contributed by atoms with Crippen molar-refractivity contribution in [2.75, 3.05) is 0 Å². The summed E-state index contributed by atoms with van der Waals surface area (Å²) in [5, 5.41) is 0.833. The smallest absolute Gasteiger partial charge is 0.0411 e. The molecule has 1 aromatic rings. The van der Waals surface area contributed by atoms with Gasteiger partial charge in [-0.15, -0.1) is 0 Å². The molecule has 1 rings (SSSR count). The van der Waals surface area contributed by atoms with Crippen molar-refractivity contribution in [2.45, 2.75) is 33.1 Å². The minimum absolute atomic E-state index is 0.190. The van der Waals surface area contributed by atoms with Crippen LogP contribution in [0.4, 0.5) is 0 Å². The highest BCUT2D eigenvalue weighted by atomic mass is 35.5. The van der Waals surface area contributed by atoms with E-state index in [1.54, 1.807) is 0 Å². The van der Waals surface area contributed by atoms with Crippen LogP contribution in [0.5, 0.6) is 0 Å². The van der Waals surface area contributed by atoms with E-state index in [-0.39, 0.29) is 5.41 Å². The highest BCUT2D eigenvalue weighted by molar-refractivity contribution is 6.30. The van der Waals surface area contributed by atoms with Gasteiger partial charge in [-0.2, -0.15) is 0 Å². The van der Waals surface area contributed by atoms with Crippen LogP contribution in [0.15, 0.2) is 18.2 Å². The van der Waals surface area contributed by atoms with Crippen molar-refractivity contribution in [3.63, 3.8) is 0 Å². The summed E-state index contributed by atoms with van der Waals surface area (Å²) in [7, 11) is 0. The van der Waals surface area contributed by atoms with E-state index in [9.17, 15) is 0 Å². The van der Waals surface area contributed by atoms with E-state index in [2.05, 4.69) is 33.8 Å². The van der Waals surface area contributed by atoms with Crippen LogP contribution in [0, 0.1) is 6.92 Å². The second-order valence-electron chi connectivity index (χ2n) is 4.27. The summed E-state index contributed by atoms with van der Waals surface area (Å²) < 4.78 is 0. The van der Waals surface area contributed by atoms with Crippen LogP contribution in [-0.4, -0.2) is 0 Å². The molecule has 0 atom stereocenters. The van der Waals surface area contributed by atoms with Gasteiger partial charge in [0.05, 0.1) is 0 Å². The molecule has 12 heavy (non-hydrogen) atoms.